The summed E-state index contributed by atoms with van der Waals surface area (Å²) in [5.41, 5.74) is 9.17. The Hall–Kier alpha value is -3.87. The maximum absolute atomic E-state index is 12.3. The number of nitrogens with one attached hydrogen (secondary N) is 1. The van der Waals surface area contributed by atoms with E-state index in [1.54, 1.807) is 10.6 Å². The third-order valence-corrected chi connectivity index (χ3v) is 5.44. The van der Waals surface area contributed by atoms with Crippen LogP contribution < -0.4 is 21.3 Å². The largest absolute Gasteiger partial charge is 0.457 e. The molecule has 5 rings (SSSR count). The van der Waals surface area contributed by atoms with Crippen LogP contribution in [0.4, 0.5) is 17.2 Å². The van der Waals surface area contributed by atoms with Crippen molar-refractivity contribution in [2.45, 2.75) is 26.3 Å². The molecule has 1 fully saturated rings. The molecule has 1 saturated carbocycles. The van der Waals surface area contributed by atoms with Gasteiger partial charge in [-0.15, -0.1) is 0 Å². The predicted molar refractivity (Wildman–Crippen MR) is 122 cm³/mol. The summed E-state index contributed by atoms with van der Waals surface area (Å²) >= 11 is 0. The van der Waals surface area contributed by atoms with Crippen LogP contribution in [0.25, 0.3) is 10.9 Å². The van der Waals surface area contributed by atoms with Crippen molar-refractivity contribution >= 4 is 28.1 Å². The number of hydrogen-bond donors (Lipinski definition) is 2. The fraction of sp³-hybridized carbons (Fsp3) is 0.208. The molecule has 1 aliphatic carbocycles. The van der Waals surface area contributed by atoms with E-state index in [0.717, 1.165) is 28.7 Å². The summed E-state index contributed by atoms with van der Waals surface area (Å²) in [6, 6.07) is 14.7. The number of aromatic nitrogens is 3. The van der Waals surface area contributed by atoms with E-state index in [1.165, 1.54) is 19.2 Å². The van der Waals surface area contributed by atoms with Gasteiger partial charge in [0.05, 0.1) is 5.52 Å². The van der Waals surface area contributed by atoms with Gasteiger partial charge in [0.1, 0.15) is 23.6 Å². The molecule has 7 nitrogen and oxygen atoms in total. The van der Waals surface area contributed by atoms with Crippen molar-refractivity contribution in [3.8, 4) is 11.5 Å². The summed E-state index contributed by atoms with van der Waals surface area (Å²) < 4.78 is 7.73. The lowest BCUT2D eigenvalue weighted by atomic mass is 10.2. The molecular weight excluding hydrogens is 390 g/mol. The predicted octanol–water partition coefficient (Wildman–Crippen LogP) is 4.63. The van der Waals surface area contributed by atoms with Crippen molar-refractivity contribution in [2.75, 3.05) is 11.1 Å². The molecule has 156 valence electrons. The summed E-state index contributed by atoms with van der Waals surface area (Å²) in [6.45, 7) is 2.76. The van der Waals surface area contributed by atoms with Crippen LogP contribution >= 0.6 is 0 Å². The van der Waals surface area contributed by atoms with E-state index < -0.39 is 0 Å². The Balaban J connectivity index is 1.35. The Morgan fingerprint density at radius 1 is 1.13 bits per heavy atom. The second kappa shape index (κ2) is 7.75. The van der Waals surface area contributed by atoms with Gasteiger partial charge in [-0.2, -0.15) is 0 Å². The normalized spacial score (nSPS) is 13.3. The van der Waals surface area contributed by atoms with Gasteiger partial charge in [-0.05, 0) is 73.7 Å². The summed E-state index contributed by atoms with van der Waals surface area (Å²) in [5, 5.41) is 4.19. The van der Waals surface area contributed by atoms with Gasteiger partial charge in [-0.1, -0.05) is 0 Å². The second-order valence-electron chi connectivity index (χ2n) is 8.00. The first-order valence-corrected chi connectivity index (χ1v) is 10.3. The highest BCUT2D eigenvalue weighted by molar-refractivity contribution is 5.92. The standard InChI is InChI=1S/C24H23N5O2/c1-15-10-18(28-24-20-11-17(25)4-6-21(20)26-14-27-24)5-7-22(15)31-19-8-9-29(23(30)12-19)13-16-2-3-16/h4-12,14,16H,2-3,13,25H2,1H3,(H,26,27,28). The van der Waals surface area contributed by atoms with Gasteiger partial charge in [0.25, 0.3) is 5.56 Å². The van der Waals surface area contributed by atoms with Crippen LogP contribution in [0.3, 0.4) is 0 Å². The summed E-state index contributed by atoms with van der Waals surface area (Å²) in [7, 11) is 0. The molecule has 7 heteroatoms. The molecule has 31 heavy (non-hydrogen) atoms. The third kappa shape index (κ3) is 4.21. The highest BCUT2D eigenvalue weighted by Crippen LogP contribution is 2.31. The van der Waals surface area contributed by atoms with Crippen molar-refractivity contribution in [3.63, 3.8) is 0 Å². The number of pyridine rings is 1. The second-order valence-corrected chi connectivity index (χ2v) is 8.00. The molecule has 0 saturated heterocycles. The van der Waals surface area contributed by atoms with E-state index in [9.17, 15) is 4.79 Å². The molecule has 2 heterocycles. The minimum Gasteiger partial charge on any atom is -0.457 e. The maximum atomic E-state index is 12.3. The topological polar surface area (TPSA) is 95.1 Å². The molecule has 3 N–H and O–H groups in total. The minimum atomic E-state index is -0.0322. The molecule has 2 aromatic heterocycles. The number of ether oxygens (including phenoxy) is 1. The van der Waals surface area contributed by atoms with E-state index in [4.69, 9.17) is 10.5 Å². The molecule has 0 atom stereocenters. The quantitative estimate of drug-likeness (QED) is 0.448. The number of benzene rings is 2. The molecule has 0 unspecified atom stereocenters. The van der Waals surface area contributed by atoms with E-state index in [0.29, 0.717) is 28.9 Å². The molecule has 1 aliphatic rings. The minimum absolute atomic E-state index is 0.0322. The molecule has 0 spiro atoms. The van der Waals surface area contributed by atoms with Crippen molar-refractivity contribution < 1.29 is 4.74 Å². The SMILES string of the molecule is Cc1cc(Nc2ncnc3ccc(N)cc23)ccc1Oc1ccn(CC2CC2)c(=O)c1. The third-order valence-electron chi connectivity index (χ3n) is 5.44. The number of aryl methyl sites for hydroxylation is 1. The first-order chi connectivity index (χ1) is 15.0. The van der Waals surface area contributed by atoms with Gasteiger partial charge in [0.2, 0.25) is 0 Å². The van der Waals surface area contributed by atoms with E-state index in [-0.39, 0.29) is 5.56 Å². The van der Waals surface area contributed by atoms with E-state index in [1.807, 2.05) is 55.6 Å². The fourth-order valence-corrected chi connectivity index (χ4v) is 3.56. The van der Waals surface area contributed by atoms with Crippen LogP contribution in [0.15, 0.2) is 65.8 Å². The first kappa shape index (κ1) is 19.1. The van der Waals surface area contributed by atoms with Crippen LogP contribution in [0.2, 0.25) is 0 Å². The van der Waals surface area contributed by atoms with Gasteiger partial charge in [-0.3, -0.25) is 4.79 Å². The average Bonchev–Trinajstić information content (AvgIpc) is 3.57. The molecule has 0 bridgehead atoms. The van der Waals surface area contributed by atoms with Crippen molar-refractivity contribution in [1.29, 1.82) is 0 Å². The van der Waals surface area contributed by atoms with Gasteiger partial charge >= 0.3 is 0 Å². The fourth-order valence-electron chi connectivity index (χ4n) is 3.56. The number of rotatable bonds is 6. The highest BCUT2D eigenvalue weighted by atomic mass is 16.5. The van der Waals surface area contributed by atoms with E-state index >= 15 is 0 Å². The Morgan fingerprint density at radius 2 is 2.00 bits per heavy atom. The van der Waals surface area contributed by atoms with Crippen LogP contribution in [0, 0.1) is 12.8 Å². The molecule has 4 aromatic rings. The zero-order chi connectivity index (χ0) is 21.4. The van der Waals surface area contributed by atoms with Gasteiger partial charge in [0, 0.05) is 35.6 Å². The zero-order valence-electron chi connectivity index (χ0n) is 17.2. The molecule has 0 aliphatic heterocycles. The lowest BCUT2D eigenvalue weighted by Gasteiger charge is -2.13. The van der Waals surface area contributed by atoms with Crippen molar-refractivity contribution in [2.24, 2.45) is 5.92 Å². The van der Waals surface area contributed by atoms with Crippen LogP contribution in [-0.4, -0.2) is 14.5 Å². The summed E-state index contributed by atoms with van der Waals surface area (Å²) in [4.78, 5) is 21.0. The lowest BCUT2D eigenvalue weighted by molar-refractivity contribution is 0.473. The first-order valence-electron chi connectivity index (χ1n) is 10.3. The van der Waals surface area contributed by atoms with Crippen LogP contribution in [0.1, 0.15) is 18.4 Å². The molecule has 0 amide bonds. The van der Waals surface area contributed by atoms with Crippen LogP contribution in [0.5, 0.6) is 11.5 Å². The summed E-state index contributed by atoms with van der Waals surface area (Å²) in [6.07, 6.45) is 5.76. The smallest absolute Gasteiger partial charge is 0.254 e. The number of nitrogen functional groups attached to an aromatic ring is 1. The number of anilines is 3. The average molecular weight is 413 g/mol. The van der Waals surface area contributed by atoms with Crippen LogP contribution in [-0.2, 0) is 6.54 Å². The maximum Gasteiger partial charge on any atom is 0.254 e. The van der Waals surface area contributed by atoms with Crippen molar-refractivity contribution in [3.05, 3.63) is 77.0 Å². The molecule has 2 aromatic carbocycles. The van der Waals surface area contributed by atoms with E-state index in [2.05, 4.69) is 15.3 Å². The Labute approximate surface area is 179 Å². The molecule has 0 radical (unpaired) electrons. The monoisotopic (exact) mass is 413 g/mol. The van der Waals surface area contributed by atoms with Crippen molar-refractivity contribution in [1.82, 2.24) is 14.5 Å². The number of nitrogens with zero attached hydrogens (tertiary/aromatic N) is 3. The Morgan fingerprint density at radius 3 is 2.77 bits per heavy atom. The number of hydrogen-bond acceptors (Lipinski definition) is 6. The Bertz CT molecular complexity index is 1330. The number of nitrogens with two attached hydrogens (primary N) is 1. The zero-order valence-corrected chi connectivity index (χ0v) is 17.2. The van der Waals surface area contributed by atoms with Gasteiger partial charge in [-0.25, -0.2) is 9.97 Å². The highest BCUT2D eigenvalue weighted by Gasteiger charge is 2.22. The summed E-state index contributed by atoms with van der Waals surface area (Å²) in [5.74, 6) is 2.57. The van der Waals surface area contributed by atoms with Gasteiger partial charge in [0.15, 0.2) is 0 Å². The Kier molecular flexibility index (Phi) is 4.78. The van der Waals surface area contributed by atoms with Gasteiger partial charge < -0.3 is 20.4 Å². The molecular formula is C24H23N5O2. The lowest BCUT2D eigenvalue weighted by Crippen LogP contribution is -2.19. The number of fused-ring (bicyclic) bond motifs is 1.